The molecule has 3 rings (SSSR count). The van der Waals surface area contributed by atoms with Gasteiger partial charge in [-0.1, -0.05) is 18.2 Å². The quantitative estimate of drug-likeness (QED) is 0.879. The number of nitrogens with zero attached hydrogens (tertiary/aromatic N) is 3. The SMILES string of the molecule is Cn1ncc(C(=O)O)c1CN1CC(N)Cc2ccccc21. The average molecular weight is 286 g/mol. The maximum atomic E-state index is 11.3. The summed E-state index contributed by atoms with van der Waals surface area (Å²) in [7, 11) is 1.76. The van der Waals surface area contributed by atoms with Gasteiger partial charge in [0.25, 0.3) is 0 Å². The first-order chi connectivity index (χ1) is 10.1. The molecule has 0 radical (unpaired) electrons. The van der Waals surface area contributed by atoms with Gasteiger partial charge in [0.15, 0.2) is 0 Å². The molecule has 6 heteroatoms. The summed E-state index contributed by atoms with van der Waals surface area (Å²) in [6.07, 6.45) is 2.25. The Morgan fingerprint density at radius 3 is 3.00 bits per heavy atom. The zero-order chi connectivity index (χ0) is 15.0. The van der Waals surface area contributed by atoms with Gasteiger partial charge in [-0.3, -0.25) is 4.68 Å². The summed E-state index contributed by atoms with van der Waals surface area (Å²) >= 11 is 0. The predicted molar refractivity (Wildman–Crippen MR) is 79.3 cm³/mol. The highest BCUT2D eigenvalue weighted by atomic mass is 16.4. The lowest BCUT2D eigenvalue weighted by Gasteiger charge is -2.34. The van der Waals surface area contributed by atoms with Gasteiger partial charge in [0, 0.05) is 25.3 Å². The first kappa shape index (κ1) is 13.6. The first-order valence-corrected chi connectivity index (χ1v) is 6.89. The highest BCUT2D eigenvalue weighted by molar-refractivity contribution is 5.88. The van der Waals surface area contributed by atoms with Gasteiger partial charge in [0.05, 0.1) is 18.4 Å². The molecule has 1 aromatic carbocycles. The van der Waals surface area contributed by atoms with Gasteiger partial charge in [-0.25, -0.2) is 4.79 Å². The minimum atomic E-state index is -0.951. The normalized spacial score (nSPS) is 17.6. The van der Waals surface area contributed by atoms with Crippen LogP contribution in [0.15, 0.2) is 30.5 Å². The first-order valence-electron chi connectivity index (χ1n) is 6.89. The fourth-order valence-electron chi connectivity index (χ4n) is 2.88. The molecule has 2 heterocycles. The van der Waals surface area contributed by atoms with E-state index in [1.807, 2.05) is 12.1 Å². The molecule has 110 valence electrons. The molecule has 0 aliphatic carbocycles. The predicted octanol–water partition coefficient (Wildman–Crippen LogP) is 1.01. The maximum absolute atomic E-state index is 11.3. The van der Waals surface area contributed by atoms with Crippen molar-refractivity contribution < 1.29 is 9.90 Å². The second-order valence-corrected chi connectivity index (χ2v) is 5.41. The van der Waals surface area contributed by atoms with Crippen LogP contribution >= 0.6 is 0 Å². The summed E-state index contributed by atoms with van der Waals surface area (Å²) in [6, 6.07) is 8.17. The van der Waals surface area contributed by atoms with Gasteiger partial charge in [-0.05, 0) is 18.1 Å². The average Bonchev–Trinajstić information content (AvgIpc) is 2.80. The number of nitrogens with two attached hydrogens (primary N) is 1. The van der Waals surface area contributed by atoms with E-state index in [1.165, 1.54) is 11.8 Å². The van der Waals surface area contributed by atoms with Crippen molar-refractivity contribution >= 4 is 11.7 Å². The molecule has 0 spiro atoms. The zero-order valence-electron chi connectivity index (χ0n) is 11.9. The largest absolute Gasteiger partial charge is 0.478 e. The van der Waals surface area contributed by atoms with Crippen LogP contribution in [0.3, 0.4) is 0 Å². The Morgan fingerprint density at radius 2 is 2.24 bits per heavy atom. The van der Waals surface area contributed by atoms with Crippen molar-refractivity contribution in [3.63, 3.8) is 0 Å². The number of anilines is 1. The van der Waals surface area contributed by atoms with E-state index in [-0.39, 0.29) is 11.6 Å². The monoisotopic (exact) mass is 286 g/mol. The van der Waals surface area contributed by atoms with Crippen LogP contribution in [0.2, 0.25) is 0 Å². The van der Waals surface area contributed by atoms with Gasteiger partial charge in [-0.15, -0.1) is 0 Å². The van der Waals surface area contributed by atoms with Gasteiger partial charge < -0.3 is 15.7 Å². The lowest BCUT2D eigenvalue weighted by atomic mass is 9.98. The zero-order valence-corrected chi connectivity index (χ0v) is 11.9. The summed E-state index contributed by atoms with van der Waals surface area (Å²) < 4.78 is 1.62. The third-order valence-electron chi connectivity index (χ3n) is 3.90. The number of aromatic nitrogens is 2. The van der Waals surface area contributed by atoms with Crippen molar-refractivity contribution in [1.29, 1.82) is 0 Å². The molecular weight excluding hydrogens is 268 g/mol. The third-order valence-corrected chi connectivity index (χ3v) is 3.90. The standard InChI is InChI=1S/C15H18N4O2/c1-18-14(12(7-17-18)15(20)21)9-19-8-11(16)6-10-4-2-3-5-13(10)19/h2-5,7,11H,6,8-9,16H2,1H3,(H,20,21). The summed E-state index contributed by atoms with van der Waals surface area (Å²) in [5, 5.41) is 13.3. The molecular formula is C15H18N4O2. The Hall–Kier alpha value is -2.34. The molecule has 6 nitrogen and oxygen atoms in total. The van der Waals surface area contributed by atoms with Crippen LogP contribution in [-0.4, -0.2) is 33.4 Å². The number of carboxylic acids is 1. The number of aromatic carboxylic acids is 1. The molecule has 0 saturated heterocycles. The number of hydrogen-bond acceptors (Lipinski definition) is 4. The molecule has 1 aromatic heterocycles. The lowest BCUT2D eigenvalue weighted by molar-refractivity contribution is 0.0695. The lowest BCUT2D eigenvalue weighted by Crippen LogP contribution is -2.43. The van der Waals surface area contributed by atoms with E-state index in [9.17, 15) is 9.90 Å². The number of fused-ring (bicyclic) bond motifs is 1. The molecule has 0 amide bonds. The summed E-state index contributed by atoms with van der Waals surface area (Å²) in [6.45, 7) is 1.20. The van der Waals surface area contributed by atoms with Crippen molar-refractivity contribution in [3.8, 4) is 0 Å². The molecule has 1 aliphatic heterocycles. The fourth-order valence-corrected chi connectivity index (χ4v) is 2.88. The van der Waals surface area contributed by atoms with Gasteiger partial charge >= 0.3 is 5.97 Å². The molecule has 3 N–H and O–H groups in total. The van der Waals surface area contributed by atoms with E-state index in [0.29, 0.717) is 18.8 Å². The third kappa shape index (κ3) is 2.50. The van der Waals surface area contributed by atoms with Crippen LogP contribution in [0.1, 0.15) is 21.6 Å². The Kier molecular flexibility index (Phi) is 3.39. The topological polar surface area (TPSA) is 84.4 Å². The van der Waals surface area contributed by atoms with Gasteiger partial charge in [0.2, 0.25) is 0 Å². The number of aryl methyl sites for hydroxylation is 1. The van der Waals surface area contributed by atoms with Crippen LogP contribution in [0.5, 0.6) is 0 Å². The van der Waals surface area contributed by atoms with E-state index in [2.05, 4.69) is 22.1 Å². The van der Waals surface area contributed by atoms with E-state index in [0.717, 1.165) is 12.1 Å². The molecule has 2 aromatic rings. The Morgan fingerprint density at radius 1 is 1.48 bits per heavy atom. The number of carboxylic acid groups (broad SMARTS) is 1. The van der Waals surface area contributed by atoms with Crippen LogP contribution in [-0.2, 0) is 20.0 Å². The van der Waals surface area contributed by atoms with Crippen LogP contribution in [0, 0.1) is 0 Å². The maximum Gasteiger partial charge on any atom is 0.339 e. The highest BCUT2D eigenvalue weighted by Gasteiger charge is 2.24. The Balaban J connectivity index is 1.96. The van der Waals surface area contributed by atoms with E-state index < -0.39 is 5.97 Å². The van der Waals surface area contributed by atoms with Crippen molar-refractivity contribution in [2.75, 3.05) is 11.4 Å². The number of hydrogen-bond donors (Lipinski definition) is 2. The van der Waals surface area contributed by atoms with Crippen molar-refractivity contribution in [1.82, 2.24) is 9.78 Å². The Labute approximate surface area is 122 Å². The van der Waals surface area contributed by atoms with Crippen molar-refractivity contribution in [3.05, 3.63) is 47.3 Å². The molecule has 1 aliphatic rings. The second-order valence-electron chi connectivity index (χ2n) is 5.41. The molecule has 0 saturated carbocycles. The second kappa shape index (κ2) is 5.21. The summed E-state index contributed by atoms with van der Waals surface area (Å²) in [5.74, 6) is -0.951. The fraction of sp³-hybridized carbons (Fsp3) is 0.333. The van der Waals surface area contributed by atoms with E-state index >= 15 is 0 Å². The molecule has 1 unspecified atom stereocenters. The van der Waals surface area contributed by atoms with Gasteiger partial charge in [0.1, 0.15) is 5.56 Å². The van der Waals surface area contributed by atoms with Crippen molar-refractivity contribution in [2.24, 2.45) is 12.8 Å². The van der Waals surface area contributed by atoms with E-state index in [1.54, 1.807) is 11.7 Å². The van der Waals surface area contributed by atoms with Crippen LogP contribution < -0.4 is 10.6 Å². The molecule has 1 atom stereocenters. The van der Waals surface area contributed by atoms with Crippen LogP contribution in [0.4, 0.5) is 5.69 Å². The summed E-state index contributed by atoms with van der Waals surface area (Å²) in [4.78, 5) is 13.4. The minimum absolute atomic E-state index is 0.0569. The number of rotatable bonds is 3. The number of benzene rings is 1. The minimum Gasteiger partial charge on any atom is -0.478 e. The van der Waals surface area contributed by atoms with E-state index in [4.69, 9.17) is 5.73 Å². The van der Waals surface area contributed by atoms with Crippen LogP contribution in [0.25, 0.3) is 0 Å². The number of para-hydroxylation sites is 1. The smallest absolute Gasteiger partial charge is 0.339 e. The van der Waals surface area contributed by atoms with Crippen molar-refractivity contribution in [2.45, 2.75) is 19.0 Å². The Bertz CT molecular complexity index is 680. The molecule has 0 fully saturated rings. The summed E-state index contributed by atoms with van der Waals surface area (Å²) in [5.41, 5.74) is 9.38. The highest BCUT2D eigenvalue weighted by Crippen LogP contribution is 2.28. The molecule has 21 heavy (non-hydrogen) atoms. The van der Waals surface area contributed by atoms with Gasteiger partial charge in [-0.2, -0.15) is 5.10 Å². The molecule has 0 bridgehead atoms. The number of carbonyl (C=O) groups is 1.